The van der Waals surface area contributed by atoms with E-state index in [1.165, 1.54) is 0 Å². The molecule has 1 heterocycles. The molecule has 0 spiro atoms. The van der Waals surface area contributed by atoms with Gasteiger partial charge in [-0.15, -0.1) is 0 Å². The SMILES string of the molecule is [2H]C([2H])([2H])Oc1ncc(Br)c(C([2H])([2H])[2H])n1. The number of methoxy groups -OCH3 is 1. The van der Waals surface area contributed by atoms with E-state index in [0.717, 1.165) is 6.20 Å². The van der Waals surface area contributed by atoms with Crippen molar-refractivity contribution >= 4 is 15.9 Å². The molecule has 0 aliphatic heterocycles. The van der Waals surface area contributed by atoms with Crippen molar-refractivity contribution in [2.45, 2.75) is 6.85 Å². The average molecular weight is 209 g/mol. The van der Waals surface area contributed by atoms with Gasteiger partial charge in [0, 0.05) is 10.3 Å². The standard InChI is InChI=1S/C6H7BrN2O/c1-4-5(7)3-8-6(9-4)10-2/h3H,1-2H3/i1D3,2D3. The maximum Gasteiger partial charge on any atom is 0.316 e. The Kier molecular flexibility index (Phi) is 0.822. The zero-order chi connectivity index (χ0) is 12.6. The number of halogens is 1. The first kappa shape index (κ1) is 2.77. The lowest BCUT2D eigenvalue weighted by Crippen LogP contribution is -1.93. The van der Waals surface area contributed by atoms with E-state index in [1.807, 2.05) is 0 Å². The lowest BCUT2D eigenvalue weighted by atomic mass is 10.5. The molecule has 0 unspecified atom stereocenters. The summed E-state index contributed by atoms with van der Waals surface area (Å²) in [6.07, 6.45) is 1.13. The molecule has 1 aromatic rings. The molecular formula is C6H7BrN2O. The Morgan fingerprint density at radius 1 is 1.80 bits per heavy atom. The molecule has 3 nitrogen and oxygen atoms in total. The molecule has 0 aliphatic carbocycles. The minimum Gasteiger partial charge on any atom is -0.467 e. The Balaban J connectivity index is 3.09. The van der Waals surface area contributed by atoms with E-state index in [-0.39, 0.29) is 10.2 Å². The first-order valence-corrected chi connectivity index (χ1v) is 3.11. The highest BCUT2D eigenvalue weighted by Crippen LogP contribution is 2.13. The summed E-state index contributed by atoms with van der Waals surface area (Å²) in [4.78, 5) is 7.07. The maximum absolute atomic E-state index is 7.16. The van der Waals surface area contributed by atoms with Gasteiger partial charge in [-0.3, -0.25) is 0 Å². The highest BCUT2D eigenvalue weighted by molar-refractivity contribution is 9.10. The number of aryl methyl sites for hydroxylation is 1. The molecule has 0 bridgehead atoms. The molecule has 0 N–H and O–H groups in total. The van der Waals surface area contributed by atoms with Gasteiger partial charge in [-0.25, -0.2) is 4.98 Å². The molecule has 0 fully saturated rings. The Morgan fingerprint density at radius 2 is 2.70 bits per heavy atom. The third-order valence-electron chi connectivity index (χ3n) is 0.813. The normalized spacial score (nSPS) is 20.9. The van der Waals surface area contributed by atoms with Gasteiger partial charge in [-0.2, -0.15) is 4.98 Å². The lowest BCUT2D eigenvalue weighted by molar-refractivity contribution is 0.378. The average Bonchev–Trinajstić information content (AvgIpc) is 2.04. The van der Waals surface area contributed by atoms with Crippen molar-refractivity contribution in [3.05, 3.63) is 16.4 Å². The van der Waals surface area contributed by atoms with E-state index in [4.69, 9.17) is 8.22 Å². The third-order valence-corrected chi connectivity index (χ3v) is 1.39. The van der Waals surface area contributed by atoms with Crippen LogP contribution in [-0.2, 0) is 0 Å². The minimum absolute atomic E-state index is 0.172. The molecule has 1 rings (SSSR count). The van der Waals surface area contributed by atoms with Crippen LogP contribution >= 0.6 is 15.9 Å². The zero-order valence-electron chi connectivity index (χ0n) is 10.8. The summed E-state index contributed by atoms with van der Waals surface area (Å²) < 4.78 is 46.5. The summed E-state index contributed by atoms with van der Waals surface area (Å²) in [5.41, 5.74) is -0.290. The molecular weight excluding hydrogens is 196 g/mol. The van der Waals surface area contributed by atoms with Crippen LogP contribution < -0.4 is 4.74 Å². The number of rotatable bonds is 1. The zero-order valence-corrected chi connectivity index (χ0v) is 6.34. The van der Waals surface area contributed by atoms with Crippen LogP contribution in [-0.4, -0.2) is 17.0 Å². The second-order valence-electron chi connectivity index (χ2n) is 1.45. The van der Waals surface area contributed by atoms with Crippen LogP contribution in [0.15, 0.2) is 10.7 Å². The molecule has 4 heteroatoms. The molecule has 54 valence electrons. The summed E-state index contributed by atoms with van der Waals surface area (Å²) in [6.45, 7) is -2.46. The first-order valence-electron chi connectivity index (χ1n) is 5.31. The number of hydrogen-bond donors (Lipinski definition) is 0. The summed E-state index contributed by atoms with van der Waals surface area (Å²) in [5, 5.41) is 0. The van der Waals surface area contributed by atoms with E-state index < -0.39 is 19.9 Å². The van der Waals surface area contributed by atoms with Crippen molar-refractivity contribution in [2.24, 2.45) is 0 Å². The van der Waals surface area contributed by atoms with Crippen LogP contribution in [0, 0.1) is 6.85 Å². The van der Waals surface area contributed by atoms with Gasteiger partial charge in [0.25, 0.3) is 0 Å². The quantitative estimate of drug-likeness (QED) is 0.703. The monoisotopic (exact) mass is 208 g/mol. The van der Waals surface area contributed by atoms with Gasteiger partial charge >= 0.3 is 6.01 Å². The van der Waals surface area contributed by atoms with E-state index in [1.54, 1.807) is 0 Å². The van der Waals surface area contributed by atoms with Crippen LogP contribution in [0.1, 0.15) is 13.9 Å². The molecule has 0 radical (unpaired) electrons. The number of aromatic nitrogens is 2. The number of nitrogens with zero attached hydrogens (tertiary/aromatic N) is 2. The van der Waals surface area contributed by atoms with Crippen molar-refractivity contribution < 1.29 is 13.0 Å². The molecule has 0 amide bonds. The van der Waals surface area contributed by atoms with Crippen LogP contribution in [0.3, 0.4) is 0 Å². The molecule has 10 heavy (non-hydrogen) atoms. The fourth-order valence-electron chi connectivity index (χ4n) is 0.400. The Bertz CT molecular complexity index is 390. The van der Waals surface area contributed by atoms with Gasteiger partial charge < -0.3 is 4.74 Å². The van der Waals surface area contributed by atoms with Crippen molar-refractivity contribution in [3.8, 4) is 6.01 Å². The van der Waals surface area contributed by atoms with Crippen molar-refractivity contribution in [1.29, 1.82) is 0 Å². The van der Waals surface area contributed by atoms with Gasteiger partial charge in [0.05, 0.1) is 21.3 Å². The molecule has 0 aliphatic rings. The maximum atomic E-state index is 7.16. The van der Waals surface area contributed by atoms with E-state index in [0.29, 0.717) is 0 Å². The van der Waals surface area contributed by atoms with Crippen molar-refractivity contribution in [2.75, 3.05) is 7.04 Å². The first-order chi connectivity index (χ1) is 7.09. The molecule has 0 saturated carbocycles. The van der Waals surface area contributed by atoms with E-state index in [9.17, 15) is 0 Å². The fraction of sp³-hybridized carbons (Fsp3) is 0.333. The fourth-order valence-corrected chi connectivity index (χ4v) is 0.591. The highest BCUT2D eigenvalue weighted by Gasteiger charge is 1.97. The van der Waals surface area contributed by atoms with Crippen molar-refractivity contribution in [3.63, 3.8) is 0 Å². The topological polar surface area (TPSA) is 35.0 Å². The summed E-state index contributed by atoms with van der Waals surface area (Å²) in [7, 11) is -2.71. The summed E-state index contributed by atoms with van der Waals surface area (Å²) >= 11 is 2.96. The largest absolute Gasteiger partial charge is 0.467 e. The Labute approximate surface area is 76.0 Å². The predicted octanol–water partition coefficient (Wildman–Crippen LogP) is 1.56. The van der Waals surface area contributed by atoms with E-state index in [2.05, 4.69) is 30.6 Å². The van der Waals surface area contributed by atoms with Crippen LogP contribution in [0.5, 0.6) is 6.01 Å². The van der Waals surface area contributed by atoms with Gasteiger partial charge in [-0.05, 0) is 22.8 Å². The van der Waals surface area contributed by atoms with Gasteiger partial charge in [-0.1, -0.05) is 0 Å². The second kappa shape index (κ2) is 2.96. The molecule has 1 aromatic heterocycles. The van der Waals surface area contributed by atoms with Gasteiger partial charge in [0.15, 0.2) is 0 Å². The number of hydrogen-bond acceptors (Lipinski definition) is 3. The lowest BCUT2D eigenvalue weighted by Gasteiger charge is -1.98. The Hall–Kier alpha value is -0.640. The van der Waals surface area contributed by atoms with Crippen molar-refractivity contribution in [1.82, 2.24) is 9.97 Å². The summed E-state index contributed by atoms with van der Waals surface area (Å²) in [6, 6.07) is -0.491. The van der Waals surface area contributed by atoms with Crippen LogP contribution in [0.4, 0.5) is 0 Å². The minimum atomic E-state index is -2.71. The van der Waals surface area contributed by atoms with Gasteiger partial charge in [0.2, 0.25) is 0 Å². The number of ether oxygens (including phenoxy) is 1. The third kappa shape index (κ3) is 1.44. The second-order valence-corrected chi connectivity index (χ2v) is 2.31. The Morgan fingerprint density at radius 3 is 3.40 bits per heavy atom. The molecule has 0 aromatic carbocycles. The predicted molar refractivity (Wildman–Crippen MR) is 41.0 cm³/mol. The van der Waals surface area contributed by atoms with E-state index >= 15 is 0 Å². The highest BCUT2D eigenvalue weighted by atomic mass is 79.9. The summed E-state index contributed by atoms with van der Waals surface area (Å²) in [5.74, 6) is 0. The van der Waals surface area contributed by atoms with Crippen LogP contribution in [0.2, 0.25) is 0 Å². The molecule has 0 atom stereocenters. The van der Waals surface area contributed by atoms with Gasteiger partial charge in [0.1, 0.15) is 0 Å². The molecule has 0 saturated heterocycles. The smallest absolute Gasteiger partial charge is 0.316 e. The van der Waals surface area contributed by atoms with Crippen LogP contribution in [0.25, 0.3) is 0 Å².